The molecule has 0 atom stereocenters. The molecule has 1 amide bonds. The molecule has 0 radical (unpaired) electrons. The van der Waals surface area contributed by atoms with Gasteiger partial charge in [0.05, 0.1) is 24.1 Å². The minimum Gasteiger partial charge on any atom is -0.497 e. The number of aryl methyl sites for hydroxylation is 1. The van der Waals surface area contributed by atoms with Crippen molar-refractivity contribution in [3.8, 4) is 16.5 Å². The normalized spacial score (nSPS) is 14.8. The number of methoxy groups -OCH3 is 1. The van der Waals surface area contributed by atoms with Crippen molar-refractivity contribution in [3.63, 3.8) is 0 Å². The predicted molar refractivity (Wildman–Crippen MR) is 115 cm³/mol. The largest absolute Gasteiger partial charge is 0.497 e. The molecule has 6 nitrogen and oxygen atoms in total. The lowest BCUT2D eigenvalue weighted by Crippen LogP contribution is -2.45. The molecule has 152 valence electrons. The Hall–Kier alpha value is -2.80. The molecule has 2 aromatic heterocycles. The Kier molecular flexibility index (Phi) is 5.85. The van der Waals surface area contributed by atoms with Crippen LogP contribution in [-0.2, 0) is 11.2 Å². The first kappa shape index (κ1) is 19.5. The molecule has 0 aliphatic carbocycles. The Morgan fingerprint density at radius 2 is 2.03 bits per heavy atom. The molecule has 7 heteroatoms. The van der Waals surface area contributed by atoms with E-state index in [2.05, 4.69) is 27.3 Å². The van der Waals surface area contributed by atoms with Gasteiger partial charge in [-0.05, 0) is 55.5 Å². The van der Waals surface area contributed by atoms with E-state index in [1.54, 1.807) is 18.4 Å². The monoisotopic (exact) mass is 411 g/mol. The number of rotatable bonds is 6. The molecule has 0 unspecified atom stereocenters. The number of ether oxygens (including phenoxy) is 1. The number of benzene rings is 1. The lowest BCUT2D eigenvalue weighted by molar-refractivity contribution is -0.121. The molecule has 1 aliphatic rings. The van der Waals surface area contributed by atoms with Gasteiger partial charge in [-0.15, -0.1) is 11.3 Å². The molecule has 0 bridgehead atoms. The van der Waals surface area contributed by atoms with E-state index in [9.17, 15) is 4.79 Å². The van der Waals surface area contributed by atoms with Gasteiger partial charge in [0.25, 0.3) is 0 Å². The quantitative estimate of drug-likeness (QED) is 0.663. The van der Waals surface area contributed by atoms with Crippen LogP contribution in [0.1, 0.15) is 24.3 Å². The zero-order chi connectivity index (χ0) is 20.2. The Morgan fingerprint density at radius 3 is 2.69 bits per heavy atom. The first-order valence-electron chi connectivity index (χ1n) is 9.81. The summed E-state index contributed by atoms with van der Waals surface area (Å²) in [6, 6.07) is 12.2. The molecule has 1 aromatic carbocycles. The van der Waals surface area contributed by atoms with Gasteiger partial charge in [0, 0.05) is 24.8 Å². The molecule has 29 heavy (non-hydrogen) atoms. The average molecular weight is 412 g/mol. The number of nitrogens with zero attached hydrogens (tertiary/aromatic N) is 2. The first-order valence-corrected chi connectivity index (χ1v) is 10.7. The molecule has 0 saturated carbocycles. The summed E-state index contributed by atoms with van der Waals surface area (Å²) in [7, 11) is 1.67. The molecule has 3 aromatic rings. The molecule has 3 heterocycles. The Morgan fingerprint density at radius 1 is 1.28 bits per heavy atom. The molecule has 1 saturated heterocycles. The fourth-order valence-corrected chi connectivity index (χ4v) is 4.25. The molecule has 1 aliphatic heterocycles. The van der Waals surface area contributed by atoms with Crippen molar-refractivity contribution in [1.29, 1.82) is 0 Å². The van der Waals surface area contributed by atoms with Crippen molar-refractivity contribution in [2.45, 2.75) is 32.2 Å². The van der Waals surface area contributed by atoms with Crippen LogP contribution in [0.25, 0.3) is 10.8 Å². The summed E-state index contributed by atoms with van der Waals surface area (Å²) in [5.74, 6) is 2.16. The smallest absolute Gasteiger partial charge is 0.236 e. The van der Waals surface area contributed by atoms with Crippen LogP contribution in [0.2, 0.25) is 0 Å². The average Bonchev–Trinajstić information content (AvgIpc) is 3.39. The molecule has 1 N–H and O–H groups in total. The lowest BCUT2D eigenvalue weighted by atomic mass is 10.0. The van der Waals surface area contributed by atoms with Crippen molar-refractivity contribution in [1.82, 2.24) is 10.3 Å². The number of piperidine rings is 1. The maximum absolute atomic E-state index is 12.5. The van der Waals surface area contributed by atoms with Crippen molar-refractivity contribution in [3.05, 3.63) is 53.2 Å². The van der Waals surface area contributed by atoms with Crippen molar-refractivity contribution in [2.24, 2.45) is 0 Å². The van der Waals surface area contributed by atoms with E-state index in [-0.39, 0.29) is 18.4 Å². The third kappa shape index (κ3) is 4.62. The Bertz CT molecular complexity index is 942. The number of hydrogen-bond acceptors (Lipinski definition) is 6. The standard InChI is InChI=1S/C22H25N3O3S/c1-15-19(24-22(28-15)20-4-3-13-29-20)14-21(26)23-16-9-11-25(12-10-16)17-5-7-18(27-2)8-6-17/h3-8,13,16H,9-12,14H2,1-2H3,(H,23,26). The first-order chi connectivity index (χ1) is 14.1. The zero-order valence-electron chi connectivity index (χ0n) is 16.7. The van der Waals surface area contributed by atoms with Gasteiger partial charge in [-0.1, -0.05) is 6.07 Å². The molecular weight excluding hydrogens is 386 g/mol. The lowest BCUT2D eigenvalue weighted by Gasteiger charge is -2.34. The number of hydrogen-bond donors (Lipinski definition) is 1. The fraction of sp³-hybridized carbons (Fsp3) is 0.364. The highest BCUT2D eigenvalue weighted by atomic mass is 32.1. The van der Waals surface area contributed by atoms with Gasteiger partial charge < -0.3 is 19.4 Å². The molecule has 0 spiro atoms. The van der Waals surface area contributed by atoms with Crippen LogP contribution in [0.3, 0.4) is 0 Å². The minimum absolute atomic E-state index is 0.00188. The van der Waals surface area contributed by atoms with Crippen molar-refractivity contribution in [2.75, 3.05) is 25.1 Å². The highest BCUT2D eigenvalue weighted by Crippen LogP contribution is 2.26. The zero-order valence-corrected chi connectivity index (χ0v) is 17.5. The number of nitrogens with one attached hydrogen (secondary N) is 1. The summed E-state index contributed by atoms with van der Waals surface area (Å²) in [6.07, 6.45) is 2.10. The third-order valence-corrected chi connectivity index (χ3v) is 6.11. The highest BCUT2D eigenvalue weighted by molar-refractivity contribution is 7.13. The number of oxazole rings is 1. The SMILES string of the molecule is COc1ccc(N2CCC(NC(=O)Cc3nc(-c4cccs4)oc3C)CC2)cc1. The number of amides is 1. The maximum Gasteiger partial charge on any atom is 0.236 e. The van der Waals surface area contributed by atoms with Gasteiger partial charge in [-0.2, -0.15) is 0 Å². The molecular formula is C22H25N3O3S. The fourth-order valence-electron chi connectivity index (χ4n) is 3.60. The van der Waals surface area contributed by atoms with E-state index in [1.807, 2.05) is 36.6 Å². The van der Waals surface area contributed by atoms with Crippen LogP contribution in [0.4, 0.5) is 5.69 Å². The third-order valence-electron chi connectivity index (χ3n) is 5.25. The van der Waals surface area contributed by atoms with Gasteiger partial charge in [-0.25, -0.2) is 4.98 Å². The Labute approximate surface area is 174 Å². The molecule has 4 rings (SSSR count). The summed E-state index contributed by atoms with van der Waals surface area (Å²) in [5, 5.41) is 5.15. The van der Waals surface area contributed by atoms with Gasteiger partial charge in [0.1, 0.15) is 11.5 Å². The summed E-state index contributed by atoms with van der Waals surface area (Å²) >= 11 is 1.58. The number of anilines is 1. The predicted octanol–water partition coefficient (Wildman–Crippen LogP) is 4.05. The van der Waals surface area contributed by atoms with Gasteiger partial charge in [0.2, 0.25) is 11.8 Å². The summed E-state index contributed by atoms with van der Waals surface area (Å²) in [4.78, 5) is 20.4. The van der Waals surface area contributed by atoms with E-state index < -0.39 is 0 Å². The number of carbonyl (C=O) groups excluding carboxylic acids is 1. The highest BCUT2D eigenvalue weighted by Gasteiger charge is 2.22. The molecule has 1 fully saturated rings. The minimum atomic E-state index is 0.00188. The number of thiophene rings is 1. The second kappa shape index (κ2) is 8.69. The van der Waals surface area contributed by atoms with Crippen LogP contribution in [0, 0.1) is 6.92 Å². The maximum atomic E-state index is 12.5. The summed E-state index contributed by atoms with van der Waals surface area (Å²) < 4.78 is 11.0. The van der Waals surface area contributed by atoms with Gasteiger partial charge in [0.15, 0.2) is 0 Å². The van der Waals surface area contributed by atoms with E-state index in [4.69, 9.17) is 9.15 Å². The van der Waals surface area contributed by atoms with E-state index in [1.165, 1.54) is 5.69 Å². The van der Waals surface area contributed by atoms with Crippen LogP contribution in [0.5, 0.6) is 5.75 Å². The number of aromatic nitrogens is 1. The van der Waals surface area contributed by atoms with E-state index in [0.717, 1.165) is 36.6 Å². The summed E-state index contributed by atoms with van der Waals surface area (Å²) in [5.41, 5.74) is 1.90. The van der Waals surface area contributed by atoms with Crippen molar-refractivity contribution < 1.29 is 13.9 Å². The van der Waals surface area contributed by atoms with Gasteiger partial charge in [-0.3, -0.25) is 4.79 Å². The second-order valence-electron chi connectivity index (χ2n) is 7.20. The topological polar surface area (TPSA) is 67.6 Å². The summed E-state index contributed by atoms with van der Waals surface area (Å²) in [6.45, 7) is 3.70. The van der Waals surface area contributed by atoms with Gasteiger partial charge >= 0.3 is 0 Å². The van der Waals surface area contributed by atoms with Crippen LogP contribution in [0.15, 0.2) is 46.2 Å². The second-order valence-corrected chi connectivity index (χ2v) is 8.15. The van der Waals surface area contributed by atoms with Crippen LogP contribution < -0.4 is 15.0 Å². The van der Waals surface area contributed by atoms with Crippen molar-refractivity contribution >= 4 is 22.9 Å². The van der Waals surface area contributed by atoms with Crippen LogP contribution >= 0.6 is 11.3 Å². The Balaban J connectivity index is 1.29. The number of carbonyl (C=O) groups is 1. The van der Waals surface area contributed by atoms with Crippen LogP contribution in [-0.4, -0.2) is 37.1 Å². The van der Waals surface area contributed by atoms with E-state index in [0.29, 0.717) is 17.3 Å². The van der Waals surface area contributed by atoms with E-state index >= 15 is 0 Å².